The summed E-state index contributed by atoms with van der Waals surface area (Å²) < 4.78 is 27.8. The van der Waals surface area contributed by atoms with Gasteiger partial charge in [-0.1, -0.05) is 11.3 Å². The summed E-state index contributed by atoms with van der Waals surface area (Å²) in [6.45, 7) is 7.63. The van der Waals surface area contributed by atoms with Crippen molar-refractivity contribution in [1.82, 2.24) is 29.4 Å². The lowest BCUT2D eigenvalue weighted by Crippen LogP contribution is -2.56. The monoisotopic (exact) mass is 583 g/mol. The van der Waals surface area contributed by atoms with Gasteiger partial charge in [-0.3, -0.25) is 14.2 Å². The van der Waals surface area contributed by atoms with Gasteiger partial charge in [0.05, 0.1) is 37.5 Å². The van der Waals surface area contributed by atoms with Gasteiger partial charge in [-0.15, -0.1) is 4.80 Å². The summed E-state index contributed by atoms with van der Waals surface area (Å²) >= 11 is 1.11. The van der Waals surface area contributed by atoms with Gasteiger partial charge in [0.2, 0.25) is 5.91 Å². The van der Waals surface area contributed by atoms with Gasteiger partial charge >= 0.3 is 5.69 Å². The highest BCUT2D eigenvalue weighted by Gasteiger charge is 2.36. The molecular weight excluding hydrogens is 553 g/mol. The smallest absolute Gasteiger partial charge is 0.333 e. The third kappa shape index (κ3) is 5.50. The second-order valence-corrected chi connectivity index (χ2v) is 11.1. The number of rotatable bonds is 10. The minimum atomic E-state index is -1.59. The molecule has 216 valence electrons. The maximum atomic E-state index is 14.4. The number of aromatic nitrogens is 5. The van der Waals surface area contributed by atoms with Crippen molar-refractivity contribution in [2.45, 2.75) is 58.8 Å². The van der Waals surface area contributed by atoms with Crippen molar-refractivity contribution < 1.29 is 18.7 Å². The van der Waals surface area contributed by atoms with Crippen molar-refractivity contribution in [2.75, 3.05) is 13.7 Å². The Labute approximate surface area is 238 Å². The highest BCUT2D eigenvalue weighted by Crippen LogP contribution is 2.34. The third-order valence-electron chi connectivity index (χ3n) is 6.56. The molecule has 1 amide bonds. The van der Waals surface area contributed by atoms with E-state index in [0.29, 0.717) is 10.6 Å². The van der Waals surface area contributed by atoms with Crippen molar-refractivity contribution >= 4 is 27.5 Å². The number of nitrogens with one attached hydrogen (secondary N) is 1. The van der Waals surface area contributed by atoms with Crippen LogP contribution in [0.1, 0.15) is 44.9 Å². The van der Waals surface area contributed by atoms with Crippen LogP contribution in [0.2, 0.25) is 0 Å². The van der Waals surface area contributed by atoms with E-state index in [9.17, 15) is 24.0 Å². The lowest BCUT2D eigenvalue weighted by Gasteiger charge is -2.28. The van der Waals surface area contributed by atoms with Gasteiger partial charge in [-0.25, -0.2) is 13.8 Å². The molecule has 0 radical (unpaired) electrons. The Kier molecular flexibility index (Phi) is 8.41. The molecule has 0 fully saturated rings. The van der Waals surface area contributed by atoms with Crippen LogP contribution < -0.4 is 21.3 Å². The molecule has 0 spiro atoms. The minimum absolute atomic E-state index is 0.192. The first-order valence-corrected chi connectivity index (χ1v) is 13.5. The molecule has 1 N–H and O–H groups in total. The fraction of sp³-hybridized carbons (Fsp3) is 0.407. The summed E-state index contributed by atoms with van der Waals surface area (Å²) in [6, 6.07) is 5.50. The number of aryl methyl sites for hydroxylation is 1. The minimum Gasteiger partial charge on any atom is -0.496 e. The SMILES string of the molecule is COc1ccc(F)cc1[C@H](Cn1c(=O)n(C(C)(C)C(=O)NC(C)C)c(=O)c2c(C)c(-n3nccn3)sc21)OCC#N. The Balaban J connectivity index is 2.04. The summed E-state index contributed by atoms with van der Waals surface area (Å²) in [4.78, 5) is 43.1. The number of carbonyl (C=O) groups is 1. The highest BCUT2D eigenvalue weighted by atomic mass is 32.1. The Morgan fingerprint density at radius 1 is 1.24 bits per heavy atom. The number of benzene rings is 1. The molecule has 3 heterocycles. The van der Waals surface area contributed by atoms with Crippen molar-refractivity contribution in [1.29, 1.82) is 5.26 Å². The Morgan fingerprint density at radius 3 is 2.54 bits per heavy atom. The largest absolute Gasteiger partial charge is 0.496 e. The average Bonchev–Trinajstić information content (AvgIpc) is 3.56. The number of methoxy groups -OCH3 is 1. The van der Waals surface area contributed by atoms with Crippen LogP contribution >= 0.6 is 11.3 Å². The van der Waals surface area contributed by atoms with Crippen LogP contribution in [0, 0.1) is 24.1 Å². The van der Waals surface area contributed by atoms with Gasteiger partial charge in [0.15, 0.2) is 0 Å². The van der Waals surface area contributed by atoms with Crippen LogP contribution in [0.4, 0.5) is 4.39 Å². The number of thiophene rings is 1. The molecule has 0 aliphatic carbocycles. The molecule has 0 unspecified atom stereocenters. The normalized spacial score (nSPS) is 12.5. The van der Waals surface area contributed by atoms with Gasteiger partial charge in [0.1, 0.15) is 39.6 Å². The van der Waals surface area contributed by atoms with Crippen LogP contribution in [-0.2, 0) is 21.6 Å². The van der Waals surface area contributed by atoms with Crippen LogP contribution in [0.15, 0.2) is 40.2 Å². The van der Waals surface area contributed by atoms with Gasteiger partial charge in [-0.2, -0.15) is 15.5 Å². The van der Waals surface area contributed by atoms with Crippen LogP contribution in [0.5, 0.6) is 5.75 Å². The lowest BCUT2D eigenvalue weighted by atomic mass is 10.0. The zero-order chi connectivity index (χ0) is 30.1. The van der Waals surface area contributed by atoms with E-state index < -0.39 is 34.6 Å². The molecule has 4 rings (SSSR count). The van der Waals surface area contributed by atoms with Crippen LogP contribution in [0.3, 0.4) is 0 Å². The molecule has 0 saturated heterocycles. The number of hydrogen-bond acceptors (Lipinski definition) is 9. The van der Waals surface area contributed by atoms with E-state index >= 15 is 0 Å². The van der Waals surface area contributed by atoms with Crippen molar-refractivity contribution in [3.8, 4) is 16.8 Å². The van der Waals surface area contributed by atoms with Crippen LogP contribution in [0.25, 0.3) is 15.2 Å². The zero-order valence-electron chi connectivity index (χ0n) is 23.5. The van der Waals surface area contributed by atoms with E-state index in [2.05, 4.69) is 15.5 Å². The molecule has 1 aromatic carbocycles. The molecular formula is C27H30FN7O5S. The molecule has 14 heteroatoms. The number of carbonyl (C=O) groups excluding carboxylic acids is 1. The van der Waals surface area contributed by atoms with Gasteiger partial charge in [0, 0.05) is 17.2 Å². The molecule has 12 nitrogen and oxygen atoms in total. The number of fused-ring (bicyclic) bond motifs is 1. The number of nitrogens with zero attached hydrogens (tertiary/aromatic N) is 6. The number of halogens is 1. The van der Waals surface area contributed by atoms with E-state index in [4.69, 9.17) is 9.47 Å². The summed E-state index contributed by atoms with van der Waals surface area (Å²) in [5, 5.41) is 21.1. The fourth-order valence-electron chi connectivity index (χ4n) is 4.54. The number of amides is 1. The van der Waals surface area contributed by atoms with E-state index in [1.807, 2.05) is 6.07 Å². The zero-order valence-corrected chi connectivity index (χ0v) is 24.3. The van der Waals surface area contributed by atoms with E-state index in [1.54, 1.807) is 20.8 Å². The van der Waals surface area contributed by atoms with Gasteiger partial charge in [-0.05, 0) is 52.8 Å². The summed E-state index contributed by atoms with van der Waals surface area (Å²) in [5.41, 5.74) is -2.26. The van der Waals surface area contributed by atoms with Crippen molar-refractivity contribution in [2.24, 2.45) is 0 Å². The number of nitriles is 1. The van der Waals surface area contributed by atoms with Crippen molar-refractivity contribution in [3.63, 3.8) is 0 Å². The Morgan fingerprint density at radius 2 is 1.93 bits per heavy atom. The standard InChI is InChI=1S/C27H30FN7O5S/c1-15(2)32-25(37)27(4,5)34-22(36)21-16(3)23(35-30-10-11-31-35)41-24(21)33(26(34)38)14-20(40-12-9-29)18-13-17(28)7-8-19(18)39-6/h7-8,10-11,13,15,20H,12,14H2,1-6H3,(H,32,37)/t20-/m0/s1. The van der Waals surface area contributed by atoms with E-state index in [1.165, 1.54) is 60.9 Å². The van der Waals surface area contributed by atoms with Crippen molar-refractivity contribution in [3.05, 3.63) is 68.4 Å². The summed E-state index contributed by atoms with van der Waals surface area (Å²) in [6.07, 6.45) is 1.93. The topological polar surface area (TPSA) is 146 Å². The Hall–Kier alpha value is -4.35. The highest BCUT2D eigenvalue weighted by molar-refractivity contribution is 7.21. The second-order valence-electron chi connectivity index (χ2n) is 10.1. The number of ether oxygens (including phenoxy) is 2. The first kappa shape index (κ1) is 29.6. The third-order valence-corrected chi connectivity index (χ3v) is 7.84. The summed E-state index contributed by atoms with van der Waals surface area (Å²) in [5.74, 6) is -0.810. The molecule has 41 heavy (non-hydrogen) atoms. The molecule has 1 atom stereocenters. The Bertz CT molecular complexity index is 1750. The second kappa shape index (κ2) is 11.6. The quantitative estimate of drug-likeness (QED) is 0.300. The van der Waals surface area contributed by atoms with Gasteiger partial charge in [0.25, 0.3) is 5.56 Å². The molecule has 0 aliphatic rings. The predicted molar refractivity (Wildman–Crippen MR) is 150 cm³/mol. The first-order valence-electron chi connectivity index (χ1n) is 12.7. The summed E-state index contributed by atoms with van der Waals surface area (Å²) in [7, 11) is 1.41. The van der Waals surface area contributed by atoms with E-state index in [-0.39, 0.29) is 40.7 Å². The maximum absolute atomic E-state index is 14.4. The maximum Gasteiger partial charge on any atom is 0.333 e. The van der Waals surface area contributed by atoms with E-state index in [0.717, 1.165) is 15.9 Å². The number of hydrogen-bond donors (Lipinski definition) is 1. The average molecular weight is 584 g/mol. The molecule has 0 aliphatic heterocycles. The molecule has 0 bridgehead atoms. The van der Waals surface area contributed by atoms with Crippen LogP contribution in [-0.4, -0.2) is 49.8 Å². The molecule has 0 saturated carbocycles. The molecule has 3 aromatic heterocycles. The fourth-order valence-corrected chi connectivity index (χ4v) is 5.76. The van der Waals surface area contributed by atoms with Gasteiger partial charge < -0.3 is 14.8 Å². The first-order chi connectivity index (χ1) is 19.4. The lowest BCUT2D eigenvalue weighted by molar-refractivity contribution is -0.129. The predicted octanol–water partition coefficient (Wildman–Crippen LogP) is 2.80. The molecule has 4 aromatic rings.